The summed E-state index contributed by atoms with van der Waals surface area (Å²) in [6.07, 6.45) is 0. The van der Waals surface area contributed by atoms with Gasteiger partial charge < -0.3 is 10.6 Å². The van der Waals surface area contributed by atoms with Crippen molar-refractivity contribution >= 4 is 18.3 Å². The molecule has 0 aromatic rings. The summed E-state index contributed by atoms with van der Waals surface area (Å²) in [6, 6.07) is 0.396. The van der Waals surface area contributed by atoms with Crippen LogP contribution in [0.5, 0.6) is 0 Å². The van der Waals surface area contributed by atoms with Crippen LogP contribution in [0.1, 0.15) is 6.92 Å². The van der Waals surface area contributed by atoms with E-state index >= 15 is 0 Å². The largest absolute Gasteiger partial charge is 0.351 e. The second-order valence-electron chi connectivity index (χ2n) is 2.06. The molecular weight excluding hydrogens is 140 g/mol. The third-order valence-electron chi connectivity index (χ3n) is 1.19. The van der Waals surface area contributed by atoms with Gasteiger partial charge in [0.15, 0.2) is 0 Å². The van der Waals surface area contributed by atoms with Crippen LogP contribution in [0, 0.1) is 0 Å². The van der Waals surface area contributed by atoms with Gasteiger partial charge in [-0.15, -0.1) is 12.4 Å². The molecule has 3 nitrogen and oxygen atoms in total. The number of hydrogen-bond acceptors (Lipinski definition) is 2. The highest BCUT2D eigenvalue weighted by Gasteiger charge is 2.15. The highest BCUT2D eigenvalue weighted by Crippen LogP contribution is 1.88. The van der Waals surface area contributed by atoms with Crippen molar-refractivity contribution in [3.8, 4) is 0 Å². The molecule has 1 aliphatic rings. The van der Waals surface area contributed by atoms with Crippen LogP contribution < -0.4 is 10.6 Å². The maximum atomic E-state index is 10.3. The molecule has 0 aromatic heterocycles. The Morgan fingerprint density at radius 1 is 1.67 bits per heavy atom. The molecule has 1 saturated heterocycles. The van der Waals surface area contributed by atoms with Crippen molar-refractivity contribution in [2.24, 2.45) is 0 Å². The van der Waals surface area contributed by atoms with Crippen LogP contribution >= 0.6 is 12.4 Å². The van der Waals surface area contributed by atoms with E-state index in [-0.39, 0.29) is 18.3 Å². The average Bonchev–Trinajstić information content (AvgIpc) is 1.55. The summed E-state index contributed by atoms with van der Waals surface area (Å²) in [5.74, 6) is 0.0662. The lowest BCUT2D eigenvalue weighted by Gasteiger charge is -2.27. The summed E-state index contributed by atoms with van der Waals surface area (Å²) in [5.41, 5.74) is 0. The Balaban J connectivity index is 0.000000640. The van der Waals surface area contributed by atoms with Crippen LogP contribution in [0.15, 0.2) is 0 Å². The van der Waals surface area contributed by atoms with Gasteiger partial charge in [0.1, 0.15) is 0 Å². The molecule has 0 bridgehead atoms. The van der Waals surface area contributed by atoms with E-state index in [1.54, 1.807) is 6.92 Å². The Hall–Kier alpha value is -0.280. The molecule has 54 valence electrons. The second kappa shape index (κ2) is 3.69. The SMILES string of the molecule is CC(=O)NC1CNC1.Cl. The Morgan fingerprint density at radius 3 is 2.33 bits per heavy atom. The van der Waals surface area contributed by atoms with Gasteiger partial charge in [0.25, 0.3) is 0 Å². The van der Waals surface area contributed by atoms with E-state index in [0.29, 0.717) is 6.04 Å². The van der Waals surface area contributed by atoms with Gasteiger partial charge in [-0.2, -0.15) is 0 Å². The first-order valence-corrected chi connectivity index (χ1v) is 2.77. The smallest absolute Gasteiger partial charge is 0.217 e. The lowest BCUT2D eigenvalue weighted by molar-refractivity contribution is -0.119. The molecule has 1 rings (SSSR count). The molecular formula is C5H11ClN2O. The van der Waals surface area contributed by atoms with Crippen molar-refractivity contribution in [3.05, 3.63) is 0 Å². The molecule has 0 saturated carbocycles. The first kappa shape index (κ1) is 8.72. The average molecular weight is 151 g/mol. The molecule has 1 aliphatic heterocycles. The molecule has 9 heavy (non-hydrogen) atoms. The van der Waals surface area contributed by atoms with Gasteiger partial charge in [-0.05, 0) is 0 Å². The molecule has 1 heterocycles. The van der Waals surface area contributed by atoms with E-state index in [0.717, 1.165) is 13.1 Å². The monoisotopic (exact) mass is 150 g/mol. The fourth-order valence-corrected chi connectivity index (χ4v) is 0.678. The van der Waals surface area contributed by atoms with Crippen molar-refractivity contribution < 1.29 is 4.79 Å². The highest BCUT2D eigenvalue weighted by molar-refractivity contribution is 5.85. The summed E-state index contributed by atoms with van der Waals surface area (Å²) < 4.78 is 0. The van der Waals surface area contributed by atoms with Crippen molar-refractivity contribution in [2.75, 3.05) is 13.1 Å². The minimum atomic E-state index is 0. The predicted molar refractivity (Wildman–Crippen MR) is 37.7 cm³/mol. The molecule has 0 unspecified atom stereocenters. The van der Waals surface area contributed by atoms with Gasteiger partial charge in [0.05, 0.1) is 6.04 Å². The molecule has 2 N–H and O–H groups in total. The van der Waals surface area contributed by atoms with Crippen LogP contribution in [0.25, 0.3) is 0 Å². The summed E-state index contributed by atoms with van der Waals surface area (Å²) in [5, 5.41) is 5.83. The van der Waals surface area contributed by atoms with Crippen LogP contribution in [0.2, 0.25) is 0 Å². The summed E-state index contributed by atoms with van der Waals surface area (Å²) in [4.78, 5) is 10.3. The lowest BCUT2D eigenvalue weighted by Crippen LogP contribution is -2.56. The molecule has 0 spiro atoms. The number of halogens is 1. The van der Waals surface area contributed by atoms with Gasteiger partial charge in [-0.3, -0.25) is 4.79 Å². The molecule has 0 aliphatic carbocycles. The van der Waals surface area contributed by atoms with Crippen molar-refractivity contribution in [2.45, 2.75) is 13.0 Å². The maximum absolute atomic E-state index is 10.3. The van der Waals surface area contributed by atoms with Crippen molar-refractivity contribution in [1.29, 1.82) is 0 Å². The van der Waals surface area contributed by atoms with E-state index < -0.39 is 0 Å². The number of nitrogens with one attached hydrogen (secondary N) is 2. The molecule has 1 amide bonds. The first-order valence-electron chi connectivity index (χ1n) is 2.77. The quantitative estimate of drug-likeness (QED) is 0.530. The van der Waals surface area contributed by atoms with Gasteiger partial charge in [0.2, 0.25) is 5.91 Å². The Morgan fingerprint density at radius 2 is 2.22 bits per heavy atom. The molecule has 4 heteroatoms. The number of carbonyl (C=O) groups excluding carboxylic acids is 1. The second-order valence-corrected chi connectivity index (χ2v) is 2.06. The van der Waals surface area contributed by atoms with Gasteiger partial charge in [0, 0.05) is 20.0 Å². The van der Waals surface area contributed by atoms with Gasteiger partial charge in [-0.1, -0.05) is 0 Å². The number of carbonyl (C=O) groups is 1. The van der Waals surface area contributed by atoms with E-state index in [2.05, 4.69) is 10.6 Å². The van der Waals surface area contributed by atoms with Crippen LogP contribution in [0.4, 0.5) is 0 Å². The fourth-order valence-electron chi connectivity index (χ4n) is 0.678. The maximum Gasteiger partial charge on any atom is 0.217 e. The lowest BCUT2D eigenvalue weighted by atomic mass is 10.2. The van der Waals surface area contributed by atoms with E-state index in [4.69, 9.17) is 0 Å². The van der Waals surface area contributed by atoms with E-state index in [1.807, 2.05) is 0 Å². The molecule has 0 aromatic carbocycles. The standard InChI is InChI=1S/C5H10N2O.ClH/c1-4(8)7-5-2-6-3-5;/h5-6H,2-3H2,1H3,(H,7,8);1H. The van der Waals surface area contributed by atoms with E-state index in [1.165, 1.54) is 0 Å². The minimum absolute atomic E-state index is 0. The van der Waals surface area contributed by atoms with Crippen LogP contribution in [0.3, 0.4) is 0 Å². The number of amides is 1. The normalized spacial score (nSPS) is 17.4. The van der Waals surface area contributed by atoms with E-state index in [9.17, 15) is 4.79 Å². The zero-order valence-electron chi connectivity index (χ0n) is 5.31. The van der Waals surface area contributed by atoms with Gasteiger partial charge >= 0.3 is 0 Å². The summed E-state index contributed by atoms with van der Waals surface area (Å²) in [6.45, 7) is 3.40. The van der Waals surface area contributed by atoms with Gasteiger partial charge in [-0.25, -0.2) is 0 Å². The Labute approximate surface area is 60.6 Å². The Kier molecular flexibility index (Phi) is 3.58. The molecule has 1 fully saturated rings. The topological polar surface area (TPSA) is 41.1 Å². The summed E-state index contributed by atoms with van der Waals surface area (Å²) >= 11 is 0. The minimum Gasteiger partial charge on any atom is -0.351 e. The zero-order chi connectivity index (χ0) is 5.98. The zero-order valence-corrected chi connectivity index (χ0v) is 6.12. The predicted octanol–water partition coefficient (Wildman–Crippen LogP) is -0.484. The first-order chi connectivity index (χ1) is 3.79. The fraction of sp³-hybridized carbons (Fsp3) is 0.800. The highest BCUT2D eigenvalue weighted by atomic mass is 35.5. The molecule has 0 atom stereocenters. The van der Waals surface area contributed by atoms with Crippen molar-refractivity contribution in [3.63, 3.8) is 0 Å². The summed E-state index contributed by atoms with van der Waals surface area (Å²) in [7, 11) is 0. The Bertz CT molecular complexity index is 103. The van der Waals surface area contributed by atoms with Crippen LogP contribution in [-0.2, 0) is 4.79 Å². The number of hydrogen-bond donors (Lipinski definition) is 2. The molecule has 0 radical (unpaired) electrons. The van der Waals surface area contributed by atoms with Crippen LogP contribution in [-0.4, -0.2) is 25.0 Å². The third-order valence-corrected chi connectivity index (χ3v) is 1.19. The third kappa shape index (κ3) is 2.67. The van der Waals surface area contributed by atoms with Crippen molar-refractivity contribution in [1.82, 2.24) is 10.6 Å². The number of rotatable bonds is 1.